The predicted octanol–water partition coefficient (Wildman–Crippen LogP) is 3.42. The Hall–Kier alpha value is -2.91. The number of carbonyl (C=O) groups is 1. The number of hydrogen-bond acceptors (Lipinski definition) is 9. The highest BCUT2D eigenvalue weighted by Gasteiger charge is 2.29. The zero-order valence-corrected chi connectivity index (χ0v) is 16.4. The zero-order valence-electron chi connectivity index (χ0n) is 14.0. The number of ether oxygens (including phenoxy) is 1. The van der Waals surface area contributed by atoms with Crippen molar-refractivity contribution in [2.75, 3.05) is 11.6 Å². The fourth-order valence-corrected chi connectivity index (χ4v) is 2.74. The van der Waals surface area contributed by atoms with Gasteiger partial charge in [-0.1, -0.05) is 27.7 Å². The van der Waals surface area contributed by atoms with Gasteiger partial charge in [-0.2, -0.15) is 15.2 Å². The first-order valence-electron chi connectivity index (χ1n) is 7.23. The Balaban J connectivity index is 2.57. The number of benzene rings is 1. The number of hydrogen-bond donors (Lipinski definition) is 2. The molecule has 0 radical (unpaired) electrons. The molecule has 2 aromatic rings. The van der Waals surface area contributed by atoms with Gasteiger partial charge in [-0.15, -0.1) is 0 Å². The molecule has 27 heavy (non-hydrogen) atoms. The van der Waals surface area contributed by atoms with E-state index in [4.69, 9.17) is 15.1 Å². The number of nitrogens with one attached hydrogen (secondary N) is 1. The van der Waals surface area contributed by atoms with Crippen LogP contribution >= 0.6 is 27.7 Å². The molecule has 2 N–H and O–H groups in total. The lowest BCUT2D eigenvalue weighted by molar-refractivity contribution is -0.385. The van der Waals surface area contributed by atoms with Crippen LogP contribution < -0.4 is 10.1 Å². The predicted molar refractivity (Wildman–Crippen MR) is 100 cm³/mol. The van der Waals surface area contributed by atoms with Gasteiger partial charge in [-0.3, -0.25) is 14.9 Å². The molecule has 2 rings (SSSR count). The van der Waals surface area contributed by atoms with Gasteiger partial charge < -0.3 is 15.2 Å². The van der Waals surface area contributed by atoms with Gasteiger partial charge in [-0.05, 0) is 31.4 Å². The molecule has 10 nitrogen and oxygen atoms in total. The van der Waals surface area contributed by atoms with E-state index >= 15 is 0 Å². The molecule has 0 aliphatic heterocycles. The molecule has 0 aliphatic carbocycles. The Morgan fingerprint density at radius 3 is 2.74 bits per heavy atom. The van der Waals surface area contributed by atoms with Crippen molar-refractivity contribution in [2.45, 2.75) is 18.1 Å². The van der Waals surface area contributed by atoms with Crippen molar-refractivity contribution in [2.24, 2.45) is 0 Å². The third-order valence-corrected chi connectivity index (χ3v) is 4.14. The minimum Gasteiger partial charge on any atom is -0.480 e. The van der Waals surface area contributed by atoms with Crippen LogP contribution in [-0.4, -0.2) is 38.3 Å². The SMILES string of the molecule is CSc1nc(NC(C)C(=O)O)c([N+](=O)[O-])c(Oc2cc(Br)cc(C#N)c2)n1. The van der Waals surface area contributed by atoms with E-state index in [1.165, 1.54) is 19.1 Å². The second kappa shape index (κ2) is 8.65. The van der Waals surface area contributed by atoms with Crippen molar-refractivity contribution >= 4 is 45.2 Å². The highest BCUT2D eigenvalue weighted by molar-refractivity contribution is 9.10. The van der Waals surface area contributed by atoms with E-state index in [2.05, 4.69) is 31.2 Å². The summed E-state index contributed by atoms with van der Waals surface area (Å²) in [4.78, 5) is 29.9. The summed E-state index contributed by atoms with van der Waals surface area (Å²) >= 11 is 4.33. The molecule has 0 spiro atoms. The van der Waals surface area contributed by atoms with Crippen molar-refractivity contribution in [3.63, 3.8) is 0 Å². The smallest absolute Gasteiger partial charge is 0.373 e. The van der Waals surface area contributed by atoms with E-state index in [-0.39, 0.29) is 28.2 Å². The highest BCUT2D eigenvalue weighted by Crippen LogP contribution is 2.37. The summed E-state index contributed by atoms with van der Waals surface area (Å²) in [5.74, 6) is -1.71. The van der Waals surface area contributed by atoms with Gasteiger partial charge in [0.1, 0.15) is 11.8 Å². The first-order chi connectivity index (χ1) is 12.7. The molecule has 140 valence electrons. The molecule has 0 fully saturated rings. The summed E-state index contributed by atoms with van der Waals surface area (Å²) in [5.41, 5.74) is -0.335. The van der Waals surface area contributed by atoms with E-state index in [1.807, 2.05) is 6.07 Å². The maximum atomic E-state index is 11.6. The van der Waals surface area contributed by atoms with Crippen LogP contribution in [0.25, 0.3) is 0 Å². The fourth-order valence-electron chi connectivity index (χ4n) is 1.91. The average molecular weight is 454 g/mol. The molecular weight excluding hydrogens is 442 g/mol. The largest absolute Gasteiger partial charge is 0.480 e. The number of carboxylic acids is 1. The van der Waals surface area contributed by atoms with Crippen LogP contribution in [0.4, 0.5) is 11.5 Å². The van der Waals surface area contributed by atoms with E-state index in [9.17, 15) is 14.9 Å². The maximum absolute atomic E-state index is 11.6. The number of aliphatic carboxylic acids is 1. The van der Waals surface area contributed by atoms with Gasteiger partial charge in [0.2, 0.25) is 5.82 Å². The van der Waals surface area contributed by atoms with Crippen LogP contribution in [-0.2, 0) is 4.79 Å². The minimum atomic E-state index is -1.21. The molecule has 1 heterocycles. The highest BCUT2D eigenvalue weighted by atomic mass is 79.9. The quantitative estimate of drug-likeness (QED) is 0.276. The van der Waals surface area contributed by atoms with Crippen molar-refractivity contribution in [1.82, 2.24) is 9.97 Å². The number of thioether (sulfide) groups is 1. The lowest BCUT2D eigenvalue weighted by Crippen LogP contribution is -2.26. The summed E-state index contributed by atoms with van der Waals surface area (Å²) in [5, 5.41) is 32.3. The number of anilines is 1. The molecule has 0 bridgehead atoms. The first kappa shape index (κ1) is 20.4. The van der Waals surface area contributed by atoms with E-state index < -0.39 is 22.6 Å². The Morgan fingerprint density at radius 1 is 1.48 bits per heavy atom. The zero-order chi connectivity index (χ0) is 20.1. The molecule has 1 aromatic heterocycles. The third kappa shape index (κ3) is 5.05. The molecule has 1 unspecified atom stereocenters. The second-order valence-electron chi connectivity index (χ2n) is 5.06. The van der Waals surface area contributed by atoms with Gasteiger partial charge in [0, 0.05) is 4.47 Å². The number of nitrogens with zero attached hydrogens (tertiary/aromatic N) is 4. The number of carboxylic acid groups (broad SMARTS) is 1. The third-order valence-electron chi connectivity index (χ3n) is 3.14. The lowest BCUT2D eigenvalue weighted by atomic mass is 10.2. The molecule has 0 aliphatic rings. The normalized spacial score (nSPS) is 11.3. The summed E-state index contributed by atoms with van der Waals surface area (Å²) in [7, 11) is 0. The number of aromatic nitrogens is 2. The van der Waals surface area contributed by atoms with Gasteiger partial charge in [0.15, 0.2) is 5.16 Å². The van der Waals surface area contributed by atoms with Crippen LogP contribution in [0.5, 0.6) is 11.6 Å². The van der Waals surface area contributed by atoms with Crippen LogP contribution in [0.15, 0.2) is 27.8 Å². The number of nitriles is 1. The first-order valence-corrected chi connectivity index (χ1v) is 9.25. The monoisotopic (exact) mass is 453 g/mol. The van der Waals surface area contributed by atoms with Crippen molar-refractivity contribution in [3.8, 4) is 17.7 Å². The minimum absolute atomic E-state index is 0.145. The molecule has 1 aromatic carbocycles. The molecule has 0 amide bonds. The fraction of sp³-hybridized carbons (Fsp3) is 0.200. The second-order valence-corrected chi connectivity index (χ2v) is 6.75. The summed E-state index contributed by atoms with van der Waals surface area (Å²) in [6.45, 7) is 1.32. The van der Waals surface area contributed by atoms with Crippen molar-refractivity contribution < 1.29 is 19.6 Å². The maximum Gasteiger partial charge on any atom is 0.373 e. The lowest BCUT2D eigenvalue weighted by Gasteiger charge is -2.13. The van der Waals surface area contributed by atoms with Crippen LogP contribution in [0.2, 0.25) is 0 Å². The molecule has 12 heteroatoms. The number of nitro groups is 1. The van der Waals surface area contributed by atoms with Crippen LogP contribution in [0.3, 0.4) is 0 Å². The van der Waals surface area contributed by atoms with Crippen molar-refractivity contribution in [3.05, 3.63) is 38.3 Å². The Morgan fingerprint density at radius 2 is 2.19 bits per heavy atom. The topological polar surface area (TPSA) is 151 Å². The summed E-state index contributed by atoms with van der Waals surface area (Å²) in [6, 6.07) is 5.27. The van der Waals surface area contributed by atoms with Crippen LogP contribution in [0, 0.1) is 21.4 Å². The van der Waals surface area contributed by atoms with E-state index in [0.29, 0.717) is 4.47 Å². The van der Waals surface area contributed by atoms with Gasteiger partial charge in [-0.25, -0.2) is 0 Å². The van der Waals surface area contributed by atoms with E-state index in [1.54, 1.807) is 12.3 Å². The number of halogens is 1. The summed E-state index contributed by atoms with van der Waals surface area (Å²) < 4.78 is 6.08. The Bertz CT molecular complexity index is 949. The van der Waals surface area contributed by atoms with Crippen LogP contribution in [0.1, 0.15) is 12.5 Å². The number of rotatable bonds is 7. The van der Waals surface area contributed by atoms with E-state index in [0.717, 1.165) is 11.8 Å². The van der Waals surface area contributed by atoms with Gasteiger partial charge in [0.25, 0.3) is 0 Å². The Labute approximate surface area is 165 Å². The molecule has 0 saturated carbocycles. The van der Waals surface area contributed by atoms with Crippen molar-refractivity contribution in [1.29, 1.82) is 5.26 Å². The standard InChI is InChI=1S/C15H12BrN5O5S/c1-7(14(22)23)18-12-11(21(24)25)13(20-15(19-12)27-2)26-10-4-8(6-17)3-9(16)5-10/h3-5,7H,1-2H3,(H,22,23)(H,18,19,20). The average Bonchev–Trinajstić information content (AvgIpc) is 2.60. The van der Waals surface area contributed by atoms with Gasteiger partial charge >= 0.3 is 17.5 Å². The Kier molecular flexibility index (Phi) is 6.54. The summed E-state index contributed by atoms with van der Waals surface area (Å²) in [6.07, 6.45) is 1.66. The molecular formula is C15H12BrN5O5S. The van der Waals surface area contributed by atoms with Gasteiger partial charge in [0.05, 0.1) is 16.6 Å². The molecule has 0 saturated heterocycles. The molecule has 1 atom stereocenters.